The highest BCUT2D eigenvalue weighted by atomic mass is 79.9. The number of benzene rings is 2. The molecule has 19 heavy (non-hydrogen) atoms. The fraction of sp³-hybridized carbons (Fsp3) is 0. The van der Waals surface area contributed by atoms with E-state index in [0.717, 1.165) is 4.47 Å². The summed E-state index contributed by atoms with van der Waals surface area (Å²) < 4.78 is 6.42. The van der Waals surface area contributed by atoms with Gasteiger partial charge in [0.05, 0.1) is 10.6 Å². The minimum absolute atomic E-state index is 0.237. The molecule has 3 nitrogen and oxygen atoms in total. The lowest BCUT2D eigenvalue weighted by Crippen LogP contribution is -2.12. The van der Waals surface area contributed by atoms with Crippen molar-refractivity contribution < 1.29 is 9.53 Å². The first kappa shape index (κ1) is 14.2. The van der Waals surface area contributed by atoms with Crippen molar-refractivity contribution in [1.29, 1.82) is 0 Å². The van der Waals surface area contributed by atoms with E-state index in [4.69, 9.17) is 33.7 Å². The van der Waals surface area contributed by atoms with Gasteiger partial charge >= 0.3 is 0 Å². The Morgan fingerprint density at radius 1 is 1.11 bits per heavy atom. The molecule has 0 bridgehead atoms. The molecule has 0 aliphatic heterocycles. The van der Waals surface area contributed by atoms with Gasteiger partial charge in [-0.3, -0.25) is 4.79 Å². The zero-order valence-corrected chi connectivity index (χ0v) is 12.6. The quantitative estimate of drug-likeness (QED) is 0.866. The van der Waals surface area contributed by atoms with E-state index in [9.17, 15) is 4.79 Å². The SMILES string of the molecule is NC(=O)c1ccc(Cl)cc1Oc1cc(Br)ccc1Cl. The summed E-state index contributed by atoms with van der Waals surface area (Å²) in [5, 5.41) is 0.852. The summed E-state index contributed by atoms with van der Waals surface area (Å²) in [6.07, 6.45) is 0. The van der Waals surface area contributed by atoms with E-state index in [-0.39, 0.29) is 11.3 Å². The Kier molecular flexibility index (Phi) is 4.34. The summed E-state index contributed by atoms with van der Waals surface area (Å²) in [6.45, 7) is 0. The minimum atomic E-state index is -0.599. The molecule has 0 saturated heterocycles. The molecule has 2 aromatic carbocycles. The zero-order valence-electron chi connectivity index (χ0n) is 9.49. The minimum Gasteiger partial charge on any atom is -0.455 e. The van der Waals surface area contributed by atoms with Crippen LogP contribution in [-0.4, -0.2) is 5.91 Å². The van der Waals surface area contributed by atoms with E-state index >= 15 is 0 Å². The van der Waals surface area contributed by atoms with Gasteiger partial charge in [-0.05, 0) is 30.3 Å². The molecule has 0 atom stereocenters. The lowest BCUT2D eigenvalue weighted by Gasteiger charge is -2.11. The topological polar surface area (TPSA) is 52.3 Å². The summed E-state index contributed by atoms with van der Waals surface area (Å²) in [6, 6.07) is 9.73. The van der Waals surface area contributed by atoms with E-state index in [1.807, 2.05) is 0 Å². The maximum absolute atomic E-state index is 11.3. The molecule has 2 aromatic rings. The number of hydrogen-bond donors (Lipinski definition) is 1. The molecule has 2 rings (SSSR count). The first-order valence-corrected chi connectivity index (χ1v) is 6.74. The van der Waals surface area contributed by atoms with Gasteiger partial charge in [0.15, 0.2) is 0 Å². The second-order valence-corrected chi connectivity index (χ2v) is 5.44. The third-order valence-electron chi connectivity index (χ3n) is 2.32. The Hall–Kier alpha value is -1.23. The maximum Gasteiger partial charge on any atom is 0.252 e. The first-order valence-electron chi connectivity index (χ1n) is 5.19. The summed E-state index contributed by atoms with van der Waals surface area (Å²) in [5.41, 5.74) is 5.52. The highest BCUT2D eigenvalue weighted by Gasteiger charge is 2.12. The van der Waals surface area contributed by atoms with Gasteiger partial charge in [0.2, 0.25) is 0 Å². The molecule has 0 unspecified atom stereocenters. The number of ether oxygens (including phenoxy) is 1. The lowest BCUT2D eigenvalue weighted by atomic mass is 10.2. The van der Waals surface area contributed by atoms with Crippen LogP contribution in [0.5, 0.6) is 11.5 Å². The molecule has 1 amide bonds. The van der Waals surface area contributed by atoms with Crippen LogP contribution in [0.2, 0.25) is 10.0 Å². The average molecular weight is 361 g/mol. The molecule has 98 valence electrons. The standard InChI is InChI=1S/C13H8BrCl2NO2/c14-7-1-4-10(16)12(5-7)19-11-6-8(15)2-3-9(11)13(17)18/h1-6H,(H2,17,18). The van der Waals surface area contributed by atoms with Crippen molar-refractivity contribution in [2.75, 3.05) is 0 Å². The predicted octanol–water partition coefficient (Wildman–Crippen LogP) is 4.65. The molecule has 6 heteroatoms. The number of primary amides is 1. The molecule has 0 spiro atoms. The number of carbonyl (C=O) groups excluding carboxylic acids is 1. The van der Waals surface area contributed by atoms with Crippen molar-refractivity contribution in [2.24, 2.45) is 5.73 Å². The van der Waals surface area contributed by atoms with Crippen molar-refractivity contribution in [1.82, 2.24) is 0 Å². The summed E-state index contributed by atoms with van der Waals surface area (Å²) in [4.78, 5) is 11.3. The molecule has 0 radical (unpaired) electrons. The van der Waals surface area contributed by atoms with Crippen molar-refractivity contribution >= 4 is 45.0 Å². The maximum atomic E-state index is 11.3. The van der Waals surface area contributed by atoms with Crippen LogP contribution in [0.1, 0.15) is 10.4 Å². The molecule has 0 aliphatic carbocycles. The van der Waals surface area contributed by atoms with E-state index in [1.54, 1.807) is 24.3 Å². The Morgan fingerprint density at radius 2 is 1.84 bits per heavy atom. The zero-order chi connectivity index (χ0) is 14.0. The van der Waals surface area contributed by atoms with Crippen LogP contribution >= 0.6 is 39.1 Å². The highest BCUT2D eigenvalue weighted by Crippen LogP contribution is 2.34. The molecule has 0 saturated carbocycles. The Labute approximate surface area is 128 Å². The lowest BCUT2D eigenvalue weighted by molar-refractivity contribution is 0.0998. The van der Waals surface area contributed by atoms with Crippen molar-refractivity contribution in [3.05, 3.63) is 56.5 Å². The molecule has 0 fully saturated rings. The number of halogens is 3. The van der Waals surface area contributed by atoms with Crippen molar-refractivity contribution in [2.45, 2.75) is 0 Å². The van der Waals surface area contributed by atoms with Gasteiger partial charge in [0, 0.05) is 15.6 Å². The second kappa shape index (κ2) is 5.82. The number of hydrogen-bond acceptors (Lipinski definition) is 2. The van der Waals surface area contributed by atoms with Crippen LogP contribution in [0.25, 0.3) is 0 Å². The first-order chi connectivity index (χ1) is 8.97. The summed E-state index contributed by atoms with van der Waals surface area (Å²) in [5.74, 6) is 0.0681. The largest absolute Gasteiger partial charge is 0.455 e. The Morgan fingerprint density at radius 3 is 2.53 bits per heavy atom. The van der Waals surface area contributed by atoms with Gasteiger partial charge in [-0.1, -0.05) is 39.1 Å². The summed E-state index contributed by atoms with van der Waals surface area (Å²) in [7, 11) is 0. The highest BCUT2D eigenvalue weighted by molar-refractivity contribution is 9.10. The number of carbonyl (C=O) groups is 1. The van der Waals surface area contributed by atoms with Crippen LogP contribution in [0, 0.1) is 0 Å². The van der Waals surface area contributed by atoms with E-state index < -0.39 is 5.91 Å². The van der Waals surface area contributed by atoms with Crippen molar-refractivity contribution in [3.63, 3.8) is 0 Å². The number of nitrogens with two attached hydrogens (primary N) is 1. The van der Waals surface area contributed by atoms with Crippen molar-refractivity contribution in [3.8, 4) is 11.5 Å². The number of amides is 1. The van der Waals surface area contributed by atoms with Gasteiger partial charge in [-0.2, -0.15) is 0 Å². The fourth-order valence-electron chi connectivity index (χ4n) is 1.46. The second-order valence-electron chi connectivity index (χ2n) is 3.68. The van der Waals surface area contributed by atoms with Crippen LogP contribution in [0.4, 0.5) is 0 Å². The van der Waals surface area contributed by atoms with E-state index in [2.05, 4.69) is 15.9 Å². The van der Waals surface area contributed by atoms with Crippen LogP contribution in [-0.2, 0) is 0 Å². The molecule has 0 heterocycles. The monoisotopic (exact) mass is 359 g/mol. The average Bonchev–Trinajstić information content (AvgIpc) is 2.33. The third kappa shape index (κ3) is 3.41. The Bertz CT molecular complexity index is 647. The van der Waals surface area contributed by atoms with Crippen LogP contribution in [0.15, 0.2) is 40.9 Å². The summed E-state index contributed by atoms with van der Waals surface area (Å²) >= 11 is 15.2. The molecular weight excluding hydrogens is 353 g/mol. The molecular formula is C13H8BrCl2NO2. The molecule has 0 aliphatic rings. The smallest absolute Gasteiger partial charge is 0.252 e. The van der Waals surface area contributed by atoms with Gasteiger partial charge in [-0.25, -0.2) is 0 Å². The molecule has 0 aromatic heterocycles. The fourth-order valence-corrected chi connectivity index (χ4v) is 2.12. The van der Waals surface area contributed by atoms with E-state index in [0.29, 0.717) is 15.8 Å². The van der Waals surface area contributed by atoms with Crippen LogP contribution < -0.4 is 10.5 Å². The normalized spacial score (nSPS) is 10.3. The van der Waals surface area contributed by atoms with Gasteiger partial charge in [0.1, 0.15) is 11.5 Å². The number of rotatable bonds is 3. The van der Waals surface area contributed by atoms with Crippen LogP contribution in [0.3, 0.4) is 0 Å². The third-order valence-corrected chi connectivity index (χ3v) is 3.36. The Balaban J connectivity index is 2.45. The predicted molar refractivity (Wildman–Crippen MR) is 79.2 cm³/mol. The molecule has 2 N–H and O–H groups in total. The van der Waals surface area contributed by atoms with Gasteiger partial charge in [0.25, 0.3) is 5.91 Å². The van der Waals surface area contributed by atoms with E-state index in [1.165, 1.54) is 12.1 Å². The van der Waals surface area contributed by atoms with Gasteiger partial charge < -0.3 is 10.5 Å². The van der Waals surface area contributed by atoms with Gasteiger partial charge in [-0.15, -0.1) is 0 Å².